The van der Waals surface area contributed by atoms with Crippen LogP contribution in [0.25, 0.3) is 0 Å². The van der Waals surface area contributed by atoms with Gasteiger partial charge < -0.3 is 9.63 Å². The van der Waals surface area contributed by atoms with Crippen LogP contribution in [0.2, 0.25) is 0 Å². The summed E-state index contributed by atoms with van der Waals surface area (Å²) in [6.45, 7) is 4.77. The second kappa shape index (κ2) is 4.14. The number of likely N-dealkylation sites (N-methyl/N-ethyl adjacent to an activating group) is 1. The van der Waals surface area contributed by atoms with E-state index < -0.39 is 5.60 Å². The highest BCUT2D eigenvalue weighted by Gasteiger charge is 2.29. The molecular formula is C11H19N3O2. The van der Waals surface area contributed by atoms with Crippen LogP contribution >= 0.6 is 0 Å². The highest BCUT2D eigenvalue weighted by Crippen LogP contribution is 2.38. The van der Waals surface area contributed by atoms with Gasteiger partial charge in [0.15, 0.2) is 5.82 Å². The molecule has 5 nitrogen and oxygen atoms in total. The lowest BCUT2D eigenvalue weighted by molar-refractivity contribution is 0.0416. The molecule has 0 atom stereocenters. The molecule has 16 heavy (non-hydrogen) atoms. The number of nitrogens with zero attached hydrogens (tertiary/aromatic N) is 3. The zero-order chi connectivity index (χ0) is 11.8. The fourth-order valence-electron chi connectivity index (χ4n) is 1.79. The third-order valence-corrected chi connectivity index (χ3v) is 2.48. The minimum absolute atomic E-state index is 0.501. The first kappa shape index (κ1) is 11.5. The summed E-state index contributed by atoms with van der Waals surface area (Å²) in [5.41, 5.74) is -0.697. The van der Waals surface area contributed by atoms with E-state index >= 15 is 0 Å². The Labute approximate surface area is 95.4 Å². The molecule has 1 N–H and O–H groups in total. The molecule has 0 saturated heterocycles. The zero-order valence-electron chi connectivity index (χ0n) is 10.1. The molecule has 1 aromatic heterocycles. The molecule has 1 aromatic rings. The van der Waals surface area contributed by atoms with E-state index in [2.05, 4.69) is 10.1 Å². The normalized spacial score (nSPS) is 17.1. The fraction of sp³-hybridized carbons (Fsp3) is 0.818. The molecule has 0 amide bonds. The van der Waals surface area contributed by atoms with Gasteiger partial charge in [-0.3, -0.25) is 4.90 Å². The van der Waals surface area contributed by atoms with Gasteiger partial charge in [-0.1, -0.05) is 5.16 Å². The lowest BCUT2D eigenvalue weighted by Gasteiger charge is -2.24. The van der Waals surface area contributed by atoms with Crippen LogP contribution in [0.4, 0.5) is 0 Å². The quantitative estimate of drug-likeness (QED) is 0.814. The van der Waals surface area contributed by atoms with E-state index in [1.165, 1.54) is 12.8 Å². The van der Waals surface area contributed by atoms with E-state index in [4.69, 9.17) is 4.52 Å². The second-order valence-corrected chi connectivity index (χ2v) is 5.31. The van der Waals surface area contributed by atoms with Crippen LogP contribution in [0.15, 0.2) is 4.52 Å². The molecule has 0 unspecified atom stereocenters. The van der Waals surface area contributed by atoms with Gasteiger partial charge >= 0.3 is 0 Å². The van der Waals surface area contributed by atoms with Crippen molar-refractivity contribution in [2.75, 3.05) is 13.6 Å². The number of hydrogen-bond donors (Lipinski definition) is 1. The minimum atomic E-state index is -0.697. The third-order valence-electron chi connectivity index (χ3n) is 2.48. The monoisotopic (exact) mass is 225 g/mol. The van der Waals surface area contributed by atoms with Crippen LogP contribution in [0.3, 0.4) is 0 Å². The smallest absolute Gasteiger partial charge is 0.229 e. The van der Waals surface area contributed by atoms with Gasteiger partial charge in [-0.25, -0.2) is 0 Å². The molecule has 0 spiro atoms. The van der Waals surface area contributed by atoms with Crippen molar-refractivity contribution in [2.45, 2.75) is 44.8 Å². The maximum Gasteiger partial charge on any atom is 0.229 e. The Morgan fingerprint density at radius 1 is 1.50 bits per heavy atom. The van der Waals surface area contributed by atoms with E-state index in [0.29, 0.717) is 24.8 Å². The Hall–Kier alpha value is -0.940. The van der Waals surface area contributed by atoms with Gasteiger partial charge in [0.05, 0.1) is 12.1 Å². The highest BCUT2D eigenvalue weighted by molar-refractivity contribution is 5.01. The van der Waals surface area contributed by atoms with Crippen molar-refractivity contribution < 1.29 is 9.63 Å². The molecule has 1 saturated carbocycles. The summed E-state index contributed by atoms with van der Waals surface area (Å²) < 4.78 is 5.17. The molecule has 5 heteroatoms. The molecular weight excluding hydrogens is 206 g/mol. The first-order chi connectivity index (χ1) is 7.44. The first-order valence-electron chi connectivity index (χ1n) is 5.67. The Morgan fingerprint density at radius 3 is 2.75 bits per heavy atom. The fourth-order valence-corrected chi connectivity index (χ4v) is 1.79. The second-order valence-electron chi connectivity index (χ2n) is 5.31. The summed E-state index contributed by atoms with van der Waals surface area (Å²) in [6.07, 6.45) is 2.34. The number of hydrogen-bond acceptors (Lipinski definition) is 5. The van der Waals surface area contributed by atoms with Gasteiger partial charge in [-0.15, -0.1) is 0 Å². The maximum absolute atomic E-state index is 9.66. The van der Waals surface area contributed by atoms with Crippen LogP contribution < -0.4 is 0 Å². The number of aromatic nitrogens is 2. The molecule has 90 valence electrons. The van der Waals surface area contributed by atoms with Crippen molar-refractivity contribution in [3.8, 4) is 0 Å². The predicted octanol–water partition coefficient (Wildman–Crippen LogP) is 1.15. The Bertz CT molecular complexity index is 352. The lowest BCUT2D eigenvalue weighted by Crippen LogP contribution is -2.36. The SMILES string of the molecule is CN(Cc1noc(C2CC2)n1)CC(C)(C)O. The summed E-state index contributed by atoms with van der Waals surface area (Å²) in [6, 6.07) is 0. The van der Waals surface area contributed by atoms with Crippen molar-refractivity contribution in [3.63, 3.8) is 0 Å². The van der Waals surface area contributed by atoms with Crippen LogP contribution in [-0.4, -0.2) is 39.3 Å². The zero-order valence-corrected chi connectivity index (χ0v) is 10.1. The van der Waals surface area contributed by atoms with Gasteiger partial charge in [-0.05, 0) is 33.7 Å². The Kier molecular flexibility index (Phi) is 2.99. The lowest BCUT2D eigenvalue weighted by atomic mass is 10.1. The van der Waals surface area contributed by atoms with E-state index in [0.717, 1.165) is 5.89 Å². The van der Waals surface area contributed by atoms with Crippen molar-refractivity contribution in [3.05, 3.63) is 11.7 Å². The summed E-state index contributed by atoms with van der Waals surface area (Å²) in [4.78, 5) is 6.33. The van der Waals surface area contributed by atoms with Gasteiger partial charge in [0.25, 0.3) is 0 Å². The highest BCUT2D eigenvalue weighted by atomic mass is 16.5. The number of aliphatic hydroxyl groups is 1. The Morgan fingerprint density at radius 2 is 2.19 bits per heavy atom. The van der Waals surface area contributed by atoms with E-state index in [-0.39, 0.29) is 0 Å². The van der Waals surface area contributed by atoms with Gasteiger partial charge in [0.2, 0.25) is 5.89 Å². The molecule has 1 aliphatic rings. The van der Waals surface area contributed by atoms with Crippen LogP contribution in [0, 0.1) is 0 Å². The van der Waals surface area contributed by atoms with Gasteiger partial charge in [-0.2, -0.15) is 4.98 Å². The van der Waals surface area contributed by atoms with Crippen LogP contribution in [0.5, 0.6) is 0 Å². The summed E-state index contributed by atoms with van der Waals surface area (Å²) >= 11 is 0. The molecule has 0 bridgehead atoms. The summed E-state index contributed by atoms with van der Waals surface area (Å²) in [7, 11) is 1.94. The van der Waals surface area contributed by atoms with Crippen LogP contribution in [0.1, 0.15) is 44.3 Å². The largest absolute Gasteiger partial charge is 0.389 e. The topological polar surface area (TPSA) is 62.4 Å². The molecule has 0 aliphatic heterocycles. The molecule has 0 radical (unpaired) electrons. The molecule has 0 aromatic carbocycles. The van der Waals surface area contributed by atoms with Crippen molar-refractivity contribution in [1.29, 1.82) is 0 Å². The molecule has 1 heterocycles. The molecule has 1 aliphatic carbocycles. The number of rotatable bonds is 5. The predicted molar refractivity (Wildman–Crippen MR) is 58.9 cm³/mol. The first-order valence-corrected chi connectivity index (χ1v) is 5.67. The maximum atomic E-state index is 9.66. The molecule has 2 rings (SSSR count). The van der Waals surface area contributed by atoms with Crippen molar-refractivity contribution in [1.82, 2.24) is 15.0 Å². The average molecular weight is 225 g/mol. The van der Waals surface area contributed by atoms with E-state index in [1.807, 2.05) is 11.9 Å². The minimum Gasteiger partial charge on any atom is -0.389 e. The Balaban J connectivity index is 1.87. The summed E-state index contributed by atoms with van der Waals surface area (Å²) in [5, 5.41) is 13.6. The standard InChI is InChI=1S/C11H19N3O2/c1-11(2,15)7-14(3)6-9-12-10(16-13-9)8-4-5-8/h8,15H,4-7H2,1-3H3. The average Bonchev–Trinajstić information content (AvgIpc) is 2.85. The van der Waals surface area contributed by atoms with Gasteiger partial charge in [0, 0.05) is 12.5 Å². The third kappa shape index (κ3) is 3.28. The molecule has 1 fully saturated rings. The van der Waals surface area contributed by atoms with Crippen molar-refractivity contribution >= 4 is 0 Å². The van der Waals surface area contributed by atoms with Crippen LogP contribution in [-0.2, 0) is 6.54 Å². The van der Waals surface area contributed by atoms with Crippen molar-refractivity contribution in [2.24, 2.45) is 0 Å². The van der Waals surface area contributed by atoms with E-state index in [9.17, 15) is 5.11 Å². The van der Waals surface area contributed by atoms with Gasteiger partial charge in [0.1, 0.15) is 0 Å². The van der Waals surface area contributed by atoms with E-state index in [1.54, 1.807) is 13.8 Å². The summed E-state index contributed by atoms with van der Waals surface area (Å²) in [5.74, 6) is 1.97.